The second-order valence-corrected chi connectivity index (χ2v) is 4.87. The lowest BCUT2D eigenvalue weighted by molar-refractivity contribution is 0.407. The number of aromatic nitrogens is 3. The Balaban J connectivity index is 2.54. The van der Waals surface area contributed by atoms with E-state index in [1.165, 1.54) is 0 Å². The van der Waals surface area contributed by atoms with Gasteiger partial charge < -0.3 is 10.5 Å². The quantitative estimate of drug-likeness (QED) is 0.884. The number of hydrogen-bond donors (Lipinski definition) is 2. The van der Waals surface area contributed by atoms with Crippen molar-refractivity contribution in [2.45, 2.75) is 33.2 Å². The van der Waals surface area contributed by atoms with Crippen molar-refractivity contribution in [2.75, 3.05) is 7.11 Å². The van der Waals surface area contributed by atoms with Gasteiger partial charge in [-0.15, -0.1) is 0 Å². The molecule has 0 spiro atoms. The van der Waals surface area contributed by atoms with Crippen molar-refractivity contribution in [1.82, 2.24) is 15.2 Å². The van der Waals surface area contributed by atoms with E-state index in [0.717, 1.165) is 22.4 Å². The molecular weight excluding hydrogens is 240 g/mol. The third-order valence-electron chi connectivity index (χ3n) is 3.16. The van der Waals surface area contributed by atoms with Crippen LogP contribution < -0.4 is 10.5 Å². The minimum Gasteiger partial charge on any atom is -0.496 e. The van der Waals surface area contributed by atoms with Gasteiger partial charge >= 0.3 is 0 Å². The number of H-pyrrole nitrogens is 1. The number of benzene rings is 1. The van der Waals surface area contributed by atoms with Crippen LogP contribution in [0, 0.1) is 6.92 Å². The van der Waals surface area contributed by atoms with E-state index in [2.05, 4.69) is 35.1 Å². The van der Waals surface area contributed by atoms with Gasteiger partial charge in [-0.05, 0) is 36.1 Å². The second-order valence-electron chi connectivity index (χ2n) is 4.87. The average molecular weight is 260 g/mol. The van der Waals surface area contributed by atoms with Gasteiger partial charge in [-0.3, -0.25) is 5.10 Å². The van der Waals surface area contributed by atoms with Crippen LogP contribution in [0.15, 0.2) is 12.1 Å². The summed E-state index contributed by atoms with van der Waals surface area (Å²) >= 11 is 0. The third kappa shape index (κ3) is 2.61. The van der Waals surface area contributed by atoms with E-state index in [1.54, 1.807) is 7.11 Å². The summed E-state index contributed by atoms with van der Waals surface area (Å²) in [7, 11) is 1.69. The van der Waals surface area contributed by atoms with E-state index in [0.29, 0.717) is 24.1 Å². The van der Waals surface area contributed by atoms with Gasteiger partial charge in [-0.2, -0.15) is 5.10 Å². The fraction of sp³-hybridized carbons (Fsp3) is 0.429. The first kappa shape index (κ1) is 13.5. The number of rotatable bonds is 4. The number of nitrogens with two attached hydrogens (primary N) is 1. The summed E-state index contributed by atoms with van der Waals surface area (Å²) in [5, 5.41) is 7.06. The van der Waals surface area contributed by atoms with Gasteiger partial charge in [-0.1, -0.05) is 13.8 Å². The van der Waals surface area contributed by atoms with Gasteiger partial charge in [-0.25, -0.2) is 4.98 Å². The molecule has 0 radical (unpaired) electrons. The zero-order chi connectivity index (χ0) is 14.0. The number of methoxy groups -OCH3 is 1. The fourth-order valence-electron chi connectivity index (χ4n) is 2.07. The molecule has 2 rings (SSSR count). The molecule has 1 heterocycles. The highest BCUT2D eigenvalue weighted by atomic mass is 16.5. The highest BCUT2D eigenvalue weighted by Gasteiger charge is 2.14. The Morgan fingerprint density at radius 3 is 2.63 bits per heavy atom. The third-order valence-corrected chi connectivity index (χ3v) is 3.16. The van der Waals surface area contributed by atoms with Crippen molar-refractivity contribution in [3.05, 3.63) is 29.1 Å². The van der Waals surface area contributed by atoms with Crippen molar-refractivity contribution in [2.24, 2.45) is 5.73 Å². The number of aromatic amines is 1. The van der Waals surface area contributed by atoms with Crippen molar-refractivity contribution in [1.29, 1.82) is 0 Å². The molecule has 3 N–H and O–H groups in total. The fourth-order valence-corrected chi connectivity index (χ4v) is 2.07. The van der Waals surface area contributed by atoms with Gasteiger partial charge in [0.1, 0.15) is 11.6 Å². The van der Waals surface area contributed by atoms with Gasteiger partial charge in [0.05, 0.1) is 13.7 Å². The molecule has 0 bridgehead atoms. The SMILES string of the molecule is COc1cc(C)c(-c2n[nH]c(CN)n2)cc1C(C)C. The highest BCUT2D eigenvalue weighted by Crippen LogP contribution is 2.33. The molecule has 0 amide bonds. The molecule has 5 nitrogen and oxygen atoms in total. The lowest BCUT2D eigenvalue weighted by Crippen LogP contribution is -1.99. The van der Waals surface area contributed by atoms with Crippen molar-refractivity contribution in [3.63, 3.8) is 0 Å². The Hall–Kier alpha value is -1.88. The summed E-state index contributed by atoms with van der Waals surface area (Å²) in [5.74, 6) is 2.66. The predicted molar refractivity (Wildman–Crippen MR) is 75.1 cm³/mol. The first-order valence-electron chi connectivity index (χ1n) is 6.37. The molecule has 0 aliphatic carbocycles. The molecule has 102 valence electrons. The maximum atomic E-state index is 5.55. The first-order valence-corrected chi connectivity index (χ1v) is 6.37. The van der Waals surface area contributed by atoms with Gasteiger partial charge in [0, 0.05) is 5.56 Å². The van der Waals surface area contributed by atoms with E-state index < -0.39 is 0 Å². The maximum Gasteiger partial charge on any atom is 0.181 e. The molecule has 0 saturated heterocycles. The summed E-state index contributed by atoms with van der Waals surface area (Å²) in [4.78, 5) is 4.38. The van der Waals surface area contributed by atoms with Crippen LogP contribution in [-0.2, 0) is 6.54 Å². The Morgan fingerprint density at radius 1 is 1.37 bits per heavy atom. The summed E-state index contributed by atoms with van der Waals surface area (Å²) < 4.78 is 5.44. The van der Waals surface area contributed by atoms with Crippen LogP contribution in [-0.4, -0.2) is 22.3 Å². The monoisotopic (exact) mass is 260 g/mol. The van der Waals surface area contributed by atoms with Crippen LogP contribution in [0.5, 0.6) is 5.75 Å². The van der Waals surface area contributed by atoms with Crippen molar-refractivity contribution >= 4 is 0 Å². The van der Waals surface area contributed by atoms with Gasteiger partial charge in [0.15, 0.2) is 5.82 Å². The van der Waals surface area contributed by atoms with Crippen LogP contribution in [0.1, 0.15) is 36.7 Å². The van der Waals surface area contributed by atoms with Crippen molar-refractivity contribution in [3.8, 4) is 17.1 Å². The first-order chi connectivity index (χ1) is 9.06. The number of nitrogens with one attached hydrogen (secondary N) is 1. The minimum absolute atomic E-state index is 0.360. The lowest BCUT2D eigenvalue weighted by Gasteiger charge is -2.14. The zero-order valence-corrected chi connectivity index (χ0v) is 11.8. The van der Waals surface area contributed by atoms with Crippen LogP contribution >= 0.6 is 0 Å². The Morgan fingerprint density at radius 2 is 2.11 bits per heavy atom. The topological polar surface area (TPSA) is 76.8 Å². The molecule has 1 aromatic heterocycles. The summed E-state index contributed by atoms with van der Waals surface area (Å²) in [6, 6.07) is 4.13. The number of hydrogen-bond acceptors (Lipinski definition) is 4. The summed E-state index contributed by atoms with van der Waals surface area (Å²) in [5.41, 5.74) is 8.81. The van der Waals surface area contributed by atoms with Crippen LogP contribution in [0.25, 0.3) is 11.4 Å². The summed E-state index contributed by atoms with van der Waals surface area (Å²) in [6.45, 7) is 6.67. The number of nitrogens with zero attached hydrogens (tertiary/aromatic N) is 2. The predicted octanol–water partition coefficient (Wildman–Crippen LogP) is 2.37. The molecule has 0 atom stereocenters. The lowest BCUT2D eigenvalue weighted by atomic mass is 9.96. The van der Waals surface area contributed by atoms with Crippen LogP contribution in [0.3, 0.4) is 0 Å². The molecule has 0 unspecified atom stereocenters. The second kappa shape index (κ2) is 5.40. The molecule has 0 aliphatic rings. The van der Waals surface area contributed by atoms with E-state index >= 15 is 0 Å². The molecule has 2 aromatic rings. The van der Waals surface area contributed by atoms with E-state index in [4.69, 9.17) is 10.5 Å². The van der Waals surface area contributed by atoms with E-state index in [-0.39, 0.29) is 0 Å². The van der Waals surface area contributed by atoms with E-state index in [1.807, 2.05) is 13.0 Å². The molecule has 0 fully saturated rings. The number of aryl methyl sites for hydroxylation is 1. The molecule has 0 saturated carbocycles. The smallest absolute Gasteiger partial charge is 0.181 e. The minimum atomic E-state index is 0.360. The Kier molecular flexibility index (Phi) is 3.85. The molecule has 5 heteroatoms. The van der Waals surface area contributed by atoms with Crippen LogP contribution in [0.4, 0.5) is 0 Å². The molecule has 1 aromatic carbocycles. The summed E-state index contributed by atoms with van der Waals surface area (Å²) in [6.07, 6.45) is 0. The Bertz CT molecular complexity index is 575. The van der Waals surface area contributed by atoms with Crippen LogP contribution in [0.2, 0.25) is 0 Å². The van der Waals surface area contributed by atoms with Gasteiger partial charge in [0.2, 0.25) is 0 Å². The molecular formula is C14H20N4O. The molecule has 0 aliphatic heterocycles. The number of ether oxygens (including phenoxy) is 1. The normalized spacial score (nSPS) is 11.1. The standard InChI is InChI=1S/C14H20N4O/c1-8(2)10-6-11(9(3)5-12(10)19-4)14-16-13(7-15)17-18-14/h5-6,8H,7,15H2,1-4H3,(H,16,17,18). The highest BCUT2D eigenvalue weighted by molar-refractivity contribution is 5.64. The Labute approximate surface area is 113 Å². The largest absolute Gasteiger partial charge is 0.496 e. The van der Waals surface area contributed by atoms with Gasteiger partial charge in [0.25, 0.3) is 0 Å². The zero-order valence-electron chi connectivity index (χ0n) is 11.8. The average Bonchev–Trinajstić information content (AvgIpc) is 2.86. The van der Waals surface area contributed by atoms with Crippen molar-refractivity contribution < 1.29 is 4.74 Å². The van der Waals surface area contributed by atoms with E-state index in [9.17, 15) is 0 Å². The molecule has 19 heavy (non-hydrogen) atoms. The maximum absolute atomic E-state index is 5.55.